The summed E-state index contributed by atoms with van der Waals surface area (Å²) in [5, 5.41) is 9.81. The number of imide groups is 1. The van der Waals surface area contributed by atoms with Gasteiger partial charge < -0.3 is 9.47 Å². The van der Waals surface area contributed by atoms with Crippen LogP contribution in [-0.2, 0) is 17.9 Å². The molecule has 1 fully saturated rings. The van der Waals surface area contributed by atoms with Crippen molar-refractivity contribution in [3.63, 3.8) is 0 Å². The number of hydrogen-bond donors (Lipinski definition) is 0. The number of amides is 2. The second-order valence-electron chi connectivity index (χ2n) is 7.71. The third-order valence-electron chi connectivity index (χ3n) is 5.27. The van der Waals surface area contributed by atoms with Gasteiger partial charge in [0.1, 0.15) is 6.61 Å². The zero-order valence-corrected chi connectivity index (χ0v) is 21.5. The van der Waals surface area contributed by atoms with Crippen LogP contribution in [0, 0.1) is 11.3 Å². The summed E-state index contributed by atoms with van der Waals surface area (Å²) in [4.78, 5) is 26.9. The Morgan fingerprint density at radius 2 is 1.81 bits per heavy atom. The first-order valence-electron chi connectivity index (χ1n) is 11.0. The maximum absolute atomic E-state index is 12.9. The first kappa shape index (κ1) is 25.6. The van der Waals surface area contributed by atoms with Crippen molar-refractivity contribution in [2.45, 2.75) is 20.1 Å². The number of nitrogens with zero attached hydrogens (tertiary/aromatic N) is 2. The van der Waals surface area contributed by atoms with Crippen molar-refractivity contribution in [3.05, 3.63) is 97.9 Å². The van der Waals surface area contributed by atoms with Gasteiger partial charge >= 0.3 is 0 Å². The minimum absolute atomic E-state index is 0.131. The van der Waals surface area contributed by atoms with E-state index in [4.69, 9.17) is 32.7 Å². The van der Waals surface area contributed by atoms with Crippen LogP contribution in [0.1, 0.15) is 29.2 Å². The third-order valence-corrected chi connectivity index (χ3v) is 6.71. The summed E-state index contributed by atoms with van der Waals surface area (Å²) in [5.41, 5.74) is 2.61. The Hall–Kier alpha value is -3.44. The molecule has 3 aromatic rings. The third kappa shape index (κ3) is 5.85. The summed E-state index contributed by atoms with van der Waals surface area (Å²) in [6.07, 6.45) is 1.61. The Morgan fingerprint density at radius 3 is 2.53 bits per heavy atom. The molecule has 0 saturated carbocycles. The van der Waals surface area contributed by atoms with Gasteiger partial charge in [0, 0.05) is 10.6 Å². The number of ether oxygens (including phenoxy) is 2. The van der Waals surface area contributed by atoms with E-state index in [1.807, 2.05) is 13.0 Å². The van der Waals surface area contributed by atoms with Crippen LogP contribution in [0.3, 0.4) is 0 Å². The van der Waals surface area contributed by atoms with E-state index in [1.54, 1.807) is 60.7 Å². The number of benzene rings is 3. The van der Waals surface area contributed by atoms with Crippen LogP contribution < -0.4 is 9.47 Å². The van der Waals surface area contributed by atoms with Crippen molar-refractivity contribution in [1.82, 2.24) is 4.90 Å². The second kappa shape index (κ2) is 11.5. The molecule has 0 atom stereocenters. The van der Waals surface area contributed by atoms with Crippen LogP contribution in [0.4, 0.5) is 4.79 Å². The molecule has 0 aromatic heterocycles. The lowest BCUT2D eigenvalue weighted by Gasteiger charge is -2.15. The summed E-state index contributed by atoms with van der Waals surface area (Å²) in [7, 11) is 0. The average molecular weight is 539 g/mol. The van der Waals surface area contributed by atoms with Gasteiger partial charge in [-0.1, -0.05) is 53.5 Å². The molecule has 0 spiro atoms. The van der Waals surface area contributed by atoms with E-state index < -0.39 is 0 Å². The number of halogens is 2. The van der Waals surface area contributed by atoms with Crippen LogP contribution >= 0.6 is 35.0 Å². The standard InChI is InChI=1S/C27H20Cl2N2O4S/c1-2-34-23-12-18(11-22(29)25(23)35-16-20-6-4-3-5-19(20)14-30)13-24-26(32)31(27(33)36-24)15-17-7-9-21(28)10-8-17/h3-13H,2,15-16H2,1H3/b24-13-. The fraction of sp³-hybridized carbons (Fsp3) is 0.148. The normalized spacial score (nSPS) is 14.3. The Labute approximate surface area is 223 Å². The second-order valence-corrected chi connectivity index (χ2v) is 9.55. The highest BCUT2D eigenvalue weighted by Gasteiger charge is 2.35. The van der Waals surface area contributed by atoms with Crippen molar-refractivity contribution in [2.24, 2.45) is 0 Å². The van der Waals surface area contributed by atoms with Crippen LogP contribution in [-0.4, -0.2) is 22.7 Å². The first-order valence-corrected chi connectivity index (χ1v) is 12.5. The lowest BCUT2D eigenvalue weighted by Crippen LogP contribution is -2.27. The van der Waals surface area contributed by atoms with E-state index >= 15 is 0 Å². The van der Waals surface area contributed by atoms with Gasteiger partial charge in [0.05, 0.1) is 34.7 Å². The number of hydrogen-bond acceptors (Lipinski definition) is 6. The maximum atomic E-state index is 12.9. The molecule has 3 aromatic carbocycles. The van der Waals surface area contributed by atoms with Crippen molar-refractivity contribution < 1.29 is 19.1 Å². The Bertz CT molecular complexity index is 1380. The predicted octanol–water partition coefficient (Wildman–Crippen LogP) is 7.08. The van der Waals surface area contributed by atoms with E-state index in [9.17, 15) is 14.9 Å². The molecule has 2 amide bonds. The fourth-order valence-corrected chi connectivity index (χ4v) is 4.78. The zero-order valence-electron chi connectivity index (χ0n) is 19.2. The van der Waals surface area contributed by atoms with Crippen molar-refractivity contribution in [3.8, 4) is 17.6 Å². The molecule has 1 aliphatic rings. The first-order chi connectivity index (χ1) is 17.4. The number of carbonyl (C=O) groups excluding carboxylic acids is 2. The van der Waals surface area contributed by atoms with Gasteiger partial charge in [0.15, 0.2) is 11.5 Å². The smallest absolute Gasteiger partial charge is 0.293 e. The van der Waals surface area contributed by atoms with Gasteiger partial charge in [-0.25, -0.2) is 0 Å². The molecule has 0 radical (unpaired) electrons. The van der Waals surface area contributed by atoms with Crippen LogP contribution in [0.2, 0.25) is 10.0 Å². The Balaban J connectivity index is 1.56. The summed E-state index contributed by atoms with van der Waals surface area (Å²) in [5.74, 6) is 0.341. The maximum Gasteiger partial charge on any atom is 0.293 e. The van der Waals surface area contributed by atoms with Crippen molar-refractivity contribution in [1.29, 1.82) is 5.26 Å². The quantitative estimate of drug-likeness (QED) is 0.285. The molecule has 1 saturated heterocycles. The van der Waals surface area contributed by atoms with Gasteiger partial charge in [-0.05, 0) is 66.2 Å². The molecule has 4 rings (SSSR count). The fourth-order valence-electron chi connectivity index (χ4n) is 3.54. The highest BCUT2D eigenvalue weighted by Crippen LogP contribution is 2.40. The van der Waals surface area contributed by atoms with E-state index in [1.165, 1.54) is 4.90 Å². The molecule has 0 bridgehead atoms. The largest absolute Gasteiger partial charge is 0.490 e. The van der Waals surface area contributed by atoms with Gasteiger partial charge in [-0.15, -0.1) is 0 Å². The van der Waals surface area contributed by atoms with Gasteiger partial charge in [-0.3, -0.25) is 14.5 Å². The summed E-state index contributed by atoms with van der Waals surface area (Å²) in [6, 6.07) is 19.6. The SMILES string of the molecule is CCOc1cc(/C=C2\SC(=O)N(Cc3ccc(Cl)cc3)C2=O)cc(Cl)c1OCc1ccccc1C#N. The van der Waals surface area contributed by atoms with Gasteiger partial charge in [-0.2, -0.15) is 5.26 Å². The molecular weight excluding hydrogens is 519 g/mol. The molecule has 36 heavy (non-hydrogen) atoms. The van der Waals surface area contributed by atoms with Crippen LogP contribution in [0.25, 0.3) is 6.08 Å². The molecule has 0 aliphatic carbocycles. The molecule has 0 N–H and O–H groups in total. The monoisotopic (exact) mass is 538 g/mol. The van der Waals surface area contributed by atoms with E-state index in [2.05, 4.69) is 6.07 Å². The number of carbonyl (C=O) groups is 2. The highest BCUT2D eigenvalue weighted by atomic mass is 35.5. The minimum Gasteiger partial charge on any atom is -0.490 e. The summed E-state index contributed by atoms with van der Waals surface area (Å²) in [6.45, 7) is 2.48. The van der Waals surface area contributed by atoms with Crippen molar-refractivity contribution >= 4 is 52.2 Å². The number of rotatable bonds is 8. The highest BCUT2D eigenvalue weighted by molar-refractivity contribution is 8.18. The molecule has 9 heteroatoms. The lowest BCUT2D eigenvalue weighted by molar-refractivity contribution is -0.123. The van der Waals surface area contributed by atoms with Gasteiger partial charge in [0.25, 0.3) is 11.1 Å². The van der Waals surface area contributed by atoms with E-state index in [0.717, 1.165) is 22.9 Å². The Morgan fingerprint density at radius 1 is 1.06 bits per heavy atom. The summed E-state index contributed by atoms with van der Waals surface area (Å²) < 4.78 is 11.7. The number of thioether (sulfide) groups is 1. The topological polar surface area (TPSA) is 79.6 Å². The molecule has 182 valence electrons. The number of nitriles is 1. The lowest BCUT2D eigenvalue weighted by atomic mass is 10.1. The predicted molar refractivity (Wildman–Crippen MR) is 141 cm³/mol. The van der Waals surface area contributed by atoms with Crippen molar-refractivity contribution in [2.75, 3.05) is 6.61 Å². The van der Waals surface area contributed by atoms with Gasteiger partial charge in [0.2, 0.25) is 0 Å². The minimum atomic E-state index is -0.387. The Kier molecular flexibility index (Phi) is 8.21. The average Bonchev–Trinajstić information content (AvgIpc) is 3.12. The van der Waals surface area contributed by atoms with E-state index in [-0.39, 0.29) is 34.2 Å². The van der Waals surface area contributed by atoms with Crippen LogP contribution in [0.5, 0.6) is 11.5 Å². The molecule has 1 aliphatic heterocycles. The molecular formula is C27H20Cl2N2O4S. The molecule has 0 unspecified atom stereocenters. The van der Waals surface area contributed by atoms with E-state index in [0.29, 0.717) is 34.3 Å². The summed E-state index contributed by atoms with van der Waals surface area (Å²) >= 11 is 13.3. The van der Waals surface area contributed by atoms with Crippen LogP contribution in [0.15, 0.2) is 65.6 Å². The molecule has 1 heterocycles. The molecule has 6 nitrogen and oxygen atoms in total. The zero-order chi connectivity index (χ0) is 25.7.